The van der Waals surface area contributed by atoms with Gasteiger partial charge in [-0.05, 0) is 49.6 Å². The van der Waals surface area contributed by atoms with Crippen molar-refractivity contribution in [1.29, 1.82) is 0 Å². The van der Waals surface area contributed by atoms with Gasteiger partial charge in [-0.15, -0.1) is 0 Å². The Balaban J connectivity index is 1.71. The summed E-state index contributed by atoms with van der Waals surface area (Å²) < 4.78 is 5.58. The first-order chi connectivity index (χ1) is 14.5. The zero-order valence-electron chi connectivity index (χ0n) is 17.0. The quantitative estimate of drug-likeness (QED) is 0.631. The molecule has 1 atom stereocenters. The van der Waals surface area contributed by atoms with Gasteiger partial charge in [-0.2, -0.15) is 0 Å². The zero-order valence-corrected chi connectivity index (χ0v) is 17.0. The number of amides is 1. The minimum Gasteiger partial charge on any atom is -0.503 e. The molecule has 0 saturated heterocycles. The molecular formula is C25H23NO4. The van der Waals surface area contributed by atoms with Crippen LogP contribution in [0.1, 0.15) is 34.9 Å². The highest BCUT2D eigenvalue weighted by atomic mass is 16.3. The van der Waals surface area contributed by atoms with E-state index in [0.29, 0.717) is 17.9 Å². The highest BCUT2D eigenvalue weighted by Gasteiger charge is 2.45. The second-order valence-electron chi connectivity index (χ2n) is 7.55. The minimum atomic E-state index is -0.794. The smallest absolute Gasteiger partial charge is 0.294 e. The van der Waals surface area contributed by atoms with Crippen LogP contribution in [0, 0.1) is 13.8 Å². The number of carbonyl (C=O) groups excluding carboxylic acids is 2. The van der Waals surface area contributed by atoms with Crippen LogP contribution in [-0.2, 0) is 16.0 Å². The molecule has 1 unspecified atom stereocenters. The van der Waals surface area contributed by atoms with Gasteiger partial charge in [0.15, 0.2) is 11.5 Å². The topological polar surface area (TPSA) is 70.8 Å². The van der Waals surface area contributed by atoms with Gasteiger partial charge >= 0.3 is 0 Å². The lowest BCUT2D eigenvalue weighted by molar-refractivity contribution is -0.118. The van der Waals surface area contributed by atoms with Crippen molar-refractivity contribution >= 4 is 17.4 Å². The SMILES string of the molecule is Cc1ccc(N2C(=O)C(O)=C(C(=O)CCc3ccccc3)C2c2ccco2)c(C)c1. The van der Waals surface area contributed by atoms with Crippen molar-refractivity contribution in [3.63, 3.8) is 0 Å². The van der Waals surface area contributed by atoms with Crippen LogP contribution in [0.4, 0.5) is 5.69 Å². The summed E-state index contributed by atoms with van der Waals surface area (Å²) in [5.74, 6) is -0.922. The Morgan fingerprint density at radius 1 is 1.07 bits per heavy atom. The van der Waals surface area contributed by atoms with Gasteiger partial charge in [0, 0.05) is 12.1 Å². The van der Waals surface area contributed by atoms with Gasteiger partial charge in [0.05, 0.1) is 11.8 Å². The third-order valence-corrected chi connectivity index (χ3v) is 5.42. The highest BCUT2D eigenvalue weighted by Crippen LogP contribution is 2.42. The molecule has 1 N–H and O–H groups in total. The number of aliphatic hydroxyl groups excluding tert-OH is 1. The van der Waals surface area contributed by atoms with E-state index in [1.807, 2.05) is 62.4 Å². The van der Waals surface area contributed by atoms with Gasteiger partial charge in [-0.3, -0.25) is 14.5 Å². The summed E-state index contributed by atoms with van der Waals surface area (Å²) in [5, 5.41) is 10.7. The third kappa shape index (κ3) is 3.54. The van der Waals surface area contributed by atoms with Gasteiger partial charge < -0.3 is 9.52 Å². The molecule has 2 heterocycles. The van der Waals surface area contributed by atoms with Gasteiger partial charge in [-0.25, -0.2) is 0 Å². The molecule has 3 aromatic rings. The van der Waals surface area contributed by atoms with E-state index in [0.717, 1.165) is 16.7 Å². The molecule has 1 aliphatic heterocycles. The summed E-state index contributed by atoms with van der Waals surface area (Å²) in [6.45, 7) is 3.88. The Bertz CT molecular complexity index is 1110. The number of hydrogen-bond donors (Lipinski definition) is 1. The Morgan fingerprint density at radius 3 is 2.50 bits per heavy atom. The number of hydrogen-bond acceptors (Lipinski definition) is 4. The maximum atomic E-state index is 13.2. The minimum absolute atomic E-state index is 0.0888. The first-order valence-corrected chi connectivity index (χ1v) is 9.92. The van der Waals surface area contributed by atoms with Crippen LogP contribution in [0.3, 0.4) is 0 Å². The lowest BCUT2D eigenvalue weighted by atomic mass is 9.96. The maximum absolute atomic E-state index is 13.2. The second kappa shape index (κ2) is 8.03. The number of nitrogens with zero attached hydrogens (tertiary/aromatic N) is 1. The van der Waals surface area contributed by atoms with E-state index in [-0.39, 0.29) is 17.8 Å². The van der Waals surface area contributed by atoms with E-state index >= 15 is 0 Å². The molecule has 1 aromatic heterocycles. The third-order valence-electron chi connectivity index (χ3n) is 5.42. The van der Waals surface area contributed by atoms with Crippen LogP contribution in [0.15, 0.2) is 82.7 Å². The van der Waals surface area contributed by atoms with E-state index in [1.54, 1.807) is 12.1 Å². The molecular weight excluding hydrogens is 378 g/mol. The van der Waals surface area contributed by atoms with Crippen molar-refractivity contribution in [2.75, 3.05) is 4.90 Å². The number of anilines is 1. The first kappa shape index (κ1) is 19.7. The van der Waals surface area contributed by atoms with Crippen molar-refractivity contribution in [3.05, 3.63) is 101 Å². The van der Waals surface area contributed by atoms with Crippen LogP contribution in [0.25, 0.3) is 0 Å². The largest absolute Gasteiger partial charge is 0.503 e. The van der Waals surface area contributed by atoms with E-state index in [4.69, 9.17) is 4.42 Å². The van der Waals surface area contributed by atoms with Crippen LogP contribution >= 0.6 is 0 Å². The van der Waals surface area contributed by atoms with E-state index in [1.165, 1.54) is 11.2 Å². The Hall–Kier alpha value is -3.60. The van der Waals surface area contributed by atoms with E-state index in [2.05, 4.69) is 0 Å². The second-order valence-corrected chi connectivity index (χ2v) is 7.55. The molecule has 0 spiro atoms. The van der Waals surface area contributed by atoms with Gasteiger partial charge in [0.25, 0.3) is 5.91 Å². The Kier molecular flexibility index (Phi) is 5.27. The van der Waals surface area contributed by atoms with Gasteiger partial charge in [-0.1, -0.05) is 48.0 Å². The van der Waals surface area contributed by atoms with Crippen LogP contribution in [0.5, 0.6) is 0 Å². The first-order valence-electron chi connectivity index (χ1n) is 9.92. The molecule has 0 saturated carbocycles. The van der Waals surface area contributed by atoms with Crippen molar-refractivity contribution < 1.29 is 19.1 Å². The highest BCUT2D eigenvalue weighted by molar-refractivity contribution is 6.16. The number of carbonyl (C=O) groups is 2. The number of aliphatic hydroxyl groups is 1. The predicted molar refractivity (Wildman–Crippen MR) is 114 cm³/mol. The fourth-order valence-electron chi connectivity index (χ4n) is 3.97. The molecule has 5 heteroatoms. The van der Waals surface area contributed by atoms with Gasteiger partial charge in [0.1, 0.15) is 11.8 Å². The fourth-order valence-corrected chi connectivity index (χ4v) is 3.97. The molecule has 4 rings (SSSR count). The average molecular weight is 401 g/mol. The number of Topliss-reactive ketones (excluding diaryl/α,β-unsaturated/α-hetero) is 1. The summed E-state index contributed by atoms with van der Waals surface area (Å²) in [6, 6.07) is 18.0. The molecule has 0 fully saturated rings. The lowest BCUT2D eigenvalue weighted by Crippen LogP contribution is -2.31. The lowest BCUT2D eigenvalue weighted by Gasteiger charge is -2.26. The molecule has 5 nitrogen and oxygen atoms in total. The number of benzene rings is 2. The predicted octanol–water partition coefficient (Wildman–Crippen LogP) is 5.00. The number of aryl methyl sites for hydroxylation is 3. The Labute approximate surface area is 175 Å². The number of furan rings is 1. The maximum Gasteiger partial charge on any atom is 0.294 e. The Morgan fingerprint density at radius 2 is 1.83 bits per heavy atom. The molecule has 1 aliphatic rings. The monoisotopic (exact) mass is 401 g/mol. The van der Waals surface area contributed by atoms with E-state index in [9.17, 15) is 14.7 Å². The van der Waals surface area contributed by atoms with Crippen molar-refractivity contribution in [2.24, 2.45) is 0 Å². The number of rotatable bonds is 6. The summed E-state index contributed by atoms with van der Waals surface area (Å²) in [6.07, 6.45) is 2.22. The molecule has 2 aromatic carbocycles. The van der Waals surface area contributed by atoms with Crippen LogP contribution in [-0.4, -0.2) is 16.8 Å². The van der Waals surface area contributed by atoms with Crippen LogP contribution < -0.4 is 4.90 Å². The standard InChI is InChI=1S/C25H23NO4/c1-16-10-12-19(17(2)15-16)26-23(21-9-6-14-30-21)22(24(28)25(26)29)20(27)13-11-18-7-4-3-5-8-18/h3-10,12,14-15,23,28H,11,13H2,1-2H3. The fraction of sp³-hybridized carbons (Fsp3) is 0.200. The van der Waals surface area contributed by atoms with Gasteiger partial charge in [0.2, 0.25) is 0 Å². The van der Waals surface area contributed by atoms with Crippen molar-refractivity contribution in [3.8, 4) is 0 Å². The summed E-state index contributed by atoms with van der Waals surface area (Å²) in [4.78, 5) is 27.7. The number of ketones is 1. The molecule has 0 radical (unpaired) electrons. The van der Waals surface area contributed by atoms with E-state index < -0.39 is 17.7 Å². The molecule has 1 amide bonds. The average Bonchev–Trinajstić information content (AvgIpc) is 3.35. The normalized spacial score (nSPS) is 16.4. The summed E-state index contributed by atoms with van der Waals surface area (Å²) in [7, 11) is 0. The summed E-state index contributed by atoms with van der Waals surface area (Å²) >= 11 is 0. The van der Waals surface area contributed by atoms with Crippen molar-refractivity contribution in [1.82, 2.24) is 0 Å². The van der Waals surface area contributed by atoms with Crippen LogP contribution in [0.2, 0.25) is 0 Å². The molecule has 152 valence electrons. The molecule has 30 heavy (non-hydrogen) atoms. The summed E-state index contributed by atoms with van der Waals surface area (Å²) in [5.41, 5.74) is 3.70. The molecule has 0 aliphatic carbocycles. The molecule has 0 bridgehead atoms. The van der Waals surface area contributed by atoms with Crippen molar-refractivity contribution in [2.45, 2.75) is 32.7 Å². The zero-order chi connectivity index (χ0) is 21.3.